The van der Waals surface area contributed by atoms with Gasteiger partial charge >= 0.3 is 0 Å². The van der Waals surface area contributed by atoms with Crippen LogP contribution in [-0.4, -0.2) is 34.0 Å². The van der Waals surface area contributed by atoms with Crippen molar-refractivity contribution in [1.82, 2.24) is 14.8 Å². The topological polar surface area (TPSA) is 37.3 Å². The van der Waals surface area contributed by atoms with Crippen LogP contribution in [0.5, 0.6) is 0 Å². The molecule has 2 aromatic rings. The molecule has 1 amide bonds. The zero-order valence-electron chi connectivity index (χ0n) is 14.6. The summed E-state index contributed by atoms with van der Waals surface area (Å²) in [4.78, 5) is 14.6. The number of hydrogen-bond acceptors (Lipinski definition) is 2. The van der Waals surface area contributed by atoms with Crippen molar-refractivity contribution in [2.24, 2.45) is 0 Å². The maximum Gasteiger partial charge on any atom is 0.237 e. The van der Waals surface area contributed by atoms with Gasteiger partial charge in [-0.25, -0.2) is 0 Å². The van der Waals surface area contributed by atoms with Gasteiger partial charge in [-0.05, 0) is 30.5 Å². The normalized spacial score (nSPS) is 14.1. The number of benzene rings is 1. The van der Waals surface area contributed by atoms with Crippen LogP contribution >= 0.6 is 0 Å². The first-order chi connectivity index (χ1) is 11.6. The van der Waals surface area contributed by atoms with Gasteiger partial charge in [0.1, 0.15) is 0 Å². The molecule has 1 N–H and O–H groups in total. The Hall–Kier alpha value is -2.07. The molecule has 1 heterocycles. The lowest BCUT2D eigenvalue weighted by molar-refractivity contribution is -0.131. The molecule has 1 fully saturated rings. The summed E-state index contributed by atoms with van der Waals surface area (Å²) in [6.45, 7) is 6.11. The monoisotopic (exact) mass is 325 g/mol. The van der Waals surface area contributed by atoms with E-state index < -0.39 is 0 Å². The number of amides is 1. The molecule has 24 heavy (non-hydrogen) atoms. The minimum Gasteiger partial charge on any atom is -0.345 e. The Morgan fingerprint density at radius 3 is 2.62 bits per heavy atom. The number of carbonyl (C=O) groups is 1. The van der Waals surface area contributed by atoms with E-state index in [9.17, 15) is 4.79 Å². The van der Waals surface area contributed by atoms with Gasteiger partial charge in [0, 0.05) is 30.5 Å². The van der Waals surface area contributed by atoms with Gasteiger partial charge in [0.15, 0.2) is 0 Å². The smallest absolute Gasteiger partial charge is 0.237 e. The van der Waals surface area contributed by atoms with E-state index in [1.54, 1.807) is 0 Å². The van der Waals surface area contributed by atoms with Gasteiger partial charge < -0.3 is 14.8 Å². The Bertz CT molecular complexity index is 659. The summed E-state index contributed by atoms with van der Waals surface area (Å²) in [5.74, 6) is 0.207. The van der Waals surface area contributed by atoms with Gasteiger partial charge in [-0.15, -0.1) is 0 Å². The summed E-state index contributed by atoms with van der Waals surface area (Å²) in [5, 5.41) is 3.24. The highest BCUT2D eigenvalue weighted by molar-refractivity contribution is 5.79. The zero-order chi connectivity index (χ0) is 16.9. The second kappa shape index (κ2) is 7.67. The predicted molar refractivity (Wildman–Crippen MR) is 96.7 cm³/mol. The Morgan fingerprint density at radius 2 is 1.96 bits per heavy atom. The average Bonchev–Trinajstić information content (AvgIpc) is 3.33. The maximum absolute atomic E-state index is 12.6. The van der Waals surface area contributed by atoms with Gasteiger partial charge in [0.25, 0.3) is 0 Å². The van der Waals surface area contributed by atoms with Gasteiger partial charge in [0.2, 0.25) is 5.91 Å². The number of nitrogens with zero attached hydrogens (tertiary/aromatic N) is 2. The molecule has 0 spiro atoms. The second-order valence-corrected chi connectivity index (χ2v) is 6.90. The molecule has 128 valence electrons. The molecule has 0 aliphatic heterocycles. The molecule has 4 nitrogen and oxygen atoms in total. The van der Waals surface area contributed by atoms with Crippen molar-refractivity contribution in [2.45, 2.75) is 51.9 Å². The van der Waals surface area contributed by atoms with Crippen molar-refractivity contribution >= 4 is 5.91 Å². The summed E-state index contributed by atoms with van der Waals surface area (Å²) in [5.41, 5.74) is 2.48. The van der Waals surface area contributed by atoms with Crippen LogP contribution in [0.3, 0.4) is 0 Å². The van der Waals surface area contributed by atoms with E-state index in [0.717, 1.165) is 19.4 Å². The third-order valence-corrected chi connectivity index (χ3v) is 4.42. The third kappa shape index (κ3) is 4.48. The van der Waals surface area contributed by atoms with Crippen LogP contribution < -0.4 is 5.32 Å². The summed E-state index contributed by atoms with van der Waals surface area (Å²) in [7, 11) is 0. The summed E-state index contributed by atoms with van der Waals surface area (Å²) in [6, 6.07) is 15.4. The quantitative estimate of drug-likeness (QED) is 0.810. The number of aromatic nitrogens is 1. The third-order valence-electron chi connectivity index (χ3n) is 4.42. The Balaban J connectivity index is 1.67. The number of hydrogen-bond donors (Lipinski definition) is 1. The number of rotatable bonds is 8. The largest absolute Gasteiger partial charge is 0.345 e. The molecule has 3 rings (SSSR count). The van der Waals surface area contributed by atoms with Crippen molar-refractivity contribution in [3.63, 3.8) is 0 Å². The van der Waals surface area contributed by atoms with E-state index in [0.29, 0.717) is 25.2 Å². The van der Waals surface area contributed by atoms with E-state index in [1.807, 2.05) is 11.0 Å². The highest BCUT2D eigenvalue weighted by Gasteiger charge is 2.32. The van der Waals surface area contributed by atoms with Crippen LogP contribution in [-0.2, 0) is 17.9 Å². The first-order valence-corrected chi connectivity index (χ1v) is 8.84. The maximum atomic E-state index is 12.6. The minimum absolute atomic E-state index is 0.207. The Morgan fingerprint density at radius 1 is 1.21 bits per heavy atom. The molecule has 1 aliphatic rings. The summed E-state index contributed by atoms with van der Waals surface area (Å²) in [6.07, 6.45) is 4.36. The first kappa shape index (κ1) is 16.8. The van der Waals surface area contributed by atoms with Crippen molar-refractivity contribution in [3.8, 4) is 0 Å². The molecule has 1 aromatic carbocycles. The molecule has 0 atom stereocenters. The van der Waals surface area contributed by atoms with E-state index in [1.165, 1.54) is 11.3 Å². The fraction of sp³-hybridized carbons (Fsp3) is 0.450. The lowest BCUT2D eigenvalue weighted by Crippen LogP contribution is -2.41. The number of nitrogens with one attached hydrogen (secondary N) is 1. The van der Waals surface area contributed by atoms with E-state index >= 15 is 0 Å². The Labute approximate surface area is 144 Å². The van der Waals surface area contributed by atoms with Crippen LogP contribution in [0.15, 0.2) is 48.7 Å². The molecule has 0 radical (unpaired) electrons. The average molecular weight is 325 g/mol. The molecule has 0 unspecified atom stereocenters. The van der Waals surface area contributed by atoms with Gasteiger partial charge in [-0.3, -0.25) is 4.79 Å². The van der Waals surface area contributed by atoms with Crippen molar-refractivity contribution < 1.29 is 4.79 Å². The van der Waals surface area contributed by atoms with E-state index in [-0.39, 0.29) is 5.91 Å². The molecule has 1 aromatic heterocycles. The lowest BCUT2D eigenvalue weighted by Gasteiger charge is -2.24. The lowest BCUT2D eigenvalue weighted by atomic mass is 10.2. The van der Waals surface area contributed by atoms with Gasteiger partial charge in [0.05, 0.1) is 13.1 Å². The van der Waals surface area contributed by atoms with Crippen molar-refractivity contribution in [2.75, 3.05) is 6.54 Å². The van der Waals surface area contributed by atoms with Gasteiger partial charge in [-0.1, -0.05) is 44.2 Å². The molecule has 1 aliphatic carbocycles. The van der Waals surface area contributed by atoms with E-state index in [4.69, 9.17) is 0 Å². The van der Waals surface area contributed by atoms with Gasteiger partial charge in [-0.2, -0.15) is 0 Å². The van der Waals surface area contributed by atoms with Crippen LogP contribution in [0.1, 0.15) is 37.9 Å². The van der Waals surface area contributed by atoms with Crippen molar-refractivity contribution in [1.29, 1.82) is 0 Å². The highest BCUT2D eigenvalue weighted by Crippen LogP contribution is 2.28. The molecule has 0 saturated heterocycles. The number of carbonyl (C=O) groups excluding carboxylic acids is 1. The fourth-order valence-electron chi connectivity index (χ4n) is 2.90. The van der Waals surface area contributed by atoms with Crippen LogP contribution in [0.25, 0.3) is 0 Å². The molecular weight excluding hydrogens is 298 g/mol. The van der Waals surface area contributed by atoms with Crippen LogP contribution in [0.2, 0.25) is 0 Å². The van der Waals surface area contributed by atoms with Crippen LogP contribution in [0.4, 0.5) is 0 Å². The zero-order valence-corrected chi connectivity index (χ0v) is 14.6. The first-order valence-electron chi connectivity index (χ1n) is 8.84. The summed E-state index contributed by atoms with van der Waals surface area (Å²) >= 11 is 0. The molecular formula is C20H27N3O. The molecule has 4 heteroatoms. The Kier molecular flexibility index (Phi) is 5.36. The van der Waals surface area contributed by atoms with E-state index in [2.05, 4.69) is 66.3 Å². The SMILES string of the molecule is CC(C)NCC(=O)N(Cc1cccn1Cc1ccccc1)C1CC1. The predicted octanol–water partition coefficient (Wildman–Crippen LogP) is 3.03. The molecule has 0 bridgehead atoms. The van der Waals surface area contributed by atoms with Crippen LogP contribution in [0, 0.1) is 0 Å². The highest BCUT2D eigenvalue weighted by atomic mass is 16.2. The fourth-order valence-corrected chi connectivity index (χ4v) is 2.90. The summed E-state index contributed by atoms with van der Waals surface area (Å²) < 4.78 is 2.24. The second-order valence-electron chi connectivity index (χ2n) is 6.90. The van der Waals surface area contributed by atoms with Crippen molar-refractivity contribution in [3.05, 3.63) is 59.9 Å². The standard InChI is InChI=1S/C20H27N3O/c1-16(2)21-13-20(24)23(18-10-11-18)15-19-9-6-12-22(19)14-17-7-4-3-5-8-17/h3-9,12,16,18,21H,10-11,13-15H2,1-2H3. The molecule has 1 saturated carbocycles. The minimum atomic E-state index is 0.207.